The second kappa shape index (κ2) is 8.69. The maximum Gasteiger partial charge on any atom is 0.263 e. The van der Waals surface area contributed by atoms with Gasteiger partial charge in [-0.3, -0.25) is 4.79 Å². The number of nitrogens with one attached hydrogen (secondary N) is 1. The van der Waals surface area contributed by atoms with Crippen LogP contribution >= 0.6 is 15.9 Å². The number of anilines is 1. The van der Waals surface area contributed by atoms with Crippen molar-refractivity contribution >= 4 is 38.6 Å². The summed E-state index contributed by atoms with van der Waals surface area (Å²) >= 11 is 3.47. The summed E-state index contributed by atoms with van der Waals surface area (Å²) in [6.07, 6.45) is 0. The van der Waals surface area contributed by atoms with Crippen molar-refractivity contribution in [1.29, 1.82) is 0 Å². The normalized spacial score (nSPS) is 10.7. The molecule has 1 N–H and O–H groups in total. The number of oxazole rings is 1. The number of carbonyl (C=O) groups excluding carboxylic acids is 1. The monoisotopic (exact) mass is 482 g/mol. The summed E-state index contributed by atoms with van der Waals surface area (Å²) in [5, 5.41) is 2.87. The van der Waals surface area contributed by atoms with Crippen molar-refractivity contribution in [2.75, 3.05) is 26.6 Å². The Balaban J connectivity index is 1.64. The van der Waals surface area contributed by atoms with E-state index in [9.17, 15) is 4.79 Å². The highest BCUT2D eigenvalue weighted by Crippen LogP contribution is 2.33. The van der Waals surface area contributed by atoms with Crippen LogP contribution in [0.4, 0.5) is 5.69 Å². The van der Waals surface area contributed by atoms with E-state index in [2.05, 4.69) is 26.2 Å². The first-order valence-electron chi connectivity index (χ1n) is 9.31. The number of fused-ring (bicyclic) bond motifs is 1. The molecule has 0 aliphatic rings. The van der Waals surface area contributed by atoms with Gasteiger partial charge in [-0.05, 0) is 64.5 Å². The predicted octanol–water partition coefficient (Wildman–Crippen LogP) is 5.54. The minimum atomic E-state index is -0.351. The second-order valence-electron chi connectivity index (χ2n) is 6.54. The van der Waals surface area contributed by atoms with Crippen molar-refractivity contribution in [3.63, 3.8) is 0 Å². The Kier molecular flexibility index (Phi) is 5.81. The Hall–Kier alpha value is -3.52. The number of rotatable bonds is 6. The molecule has 31 heavy (non-hydrogen) atoms. The van der Waals surface area contributed by atoms with Crippen LogP contribution in [0.5, 0.6) is 17.2 Å². The minimum absolute atomic E-state index is 0.316. The highest BCUT2D eigenvalue weighted by Gasteiger charge is 2.19. The third-order valence-electron chi connectivity index (χ3n) is 4.70. The van der Waals surface area contributed by atoms with Crippen molar-refractivity contribution in [2.24, 2.45) is 0 Å². The molecule has 0 bridgehead atoms. The second-order valence-corrected chi connectivity index (χ2v) is 7.40. The summed E-state index contributed by atoms with van der Waals surface area (Å²) in [7, 11) is 4.62. The van der Waals surface area contributed by atoms with E-state index in [0.29, 0.717) is 39.7 Å². The molecule has 1 heterocycles. The number of methoxy groups -OCH3 is 3. The summed E-state index contributed by atoms with van der Waals surface area (Å²) in [6, 6.07) is 16.0. The third-order valence-corrected chi connectivity index (χ3v) is 5.32. The molecule has 1 aromatic heterocycles. The largest absolute Gasteiger partial charge is 0.496 e. The van der Waals surface area contributed by atoms with E-state index in [-0.39, 0.29) is 5.91 Å². The lowest BCUT2D eigenvalue weighted by Gasteiger charge is -2.12. The van der Waals surface area contributed by atoms with Crippen LogP contribution in [0.15, 0.2) is 63.5 Å². The lowest BCUT2D eigenvalue weighted by Crippen LogP contribution is -2.14. The molecule has 7 nitrogen and oxygen atoms in total. The lowest BCUT2D eigenvalue weighted by molar-refractivity contribution is 0.102. The number of amides is 1. The van der Waals surface area contributed by atoms with Gasteiger partial charge in [0.25, 0.3) is 5.91 Å². The minimum Gasteiger partial charge on any atom is -0.496 e. The van der Waals surface area contributed by atoms with E-state index in [0.717, 1.165) is 15.8 Å². The van der Waals surface area contributed by atoms with E-state index in [4.69, 9.17) is 18.6 Å². The van der Waals surface area contributed by atoms with Crippen molar-refractivity contribution in [1.82, 2.24) is 4.98 Å². The molecule has 4 aromatic rings. The molecule has 0 aliphatic heterocycles. The van der Waals surface area contributed by atoms with Crippen LogP contribution in [0.1, 0.15) is 10.4 Å². The molecule has 0 aliphatic carbocycles. The molecule has 0 unspecified atom stereocenters. The number of hydrogen-bond donors (Lipinski definition) is 1. The Morgan fingerprint density at radius 3 is 2.29 bits per heavy atom. The average Bonchev–Trinajstić information content (AvgIpc) is 3.21. The van der Waals surface area contributed by atoms with Gasteiger partial charge in [0.15, 0.2) is 5.58 Å². The maximum atomic E-state index is 12.9. The Morgan fingerprint density at radius 2 is 1.65 bits per heavy atom. The summed E-state index contributed by atoms with van der Waals surface area (Å²) in [4.78, 5) is 17.5. The molecule has 0 saturated heterocycles. The van der Waals surface area contributed by atoms with Crippen molar-refractivity contribution in [3.8, 4) is 28.7 Å². The molecule has 158 valence electrons. The van der Waals surface area contributed by atoms with Crippen LogP contribution in [0.25, 0.3) is 22.6 Å². The molecule has 0 fully saturated rings. The van der Waals surface area contributed by atoms with Crippen LogP contribution in [-0.2, 0) is 0 Å². The topological polar surface area (TPSA) is 82.8 Å². The van der Waals surface area contributed by atoms with Crippen molar-refractivity contribution < 1.29 is 23.4 Å². The summed E-state index contributed by atoms with van der Waals surface area (Å²) in [5.41, 5.74) is 2.91. The smallest absolute Gasteiger partial charge is 0.263 e. The van der Waals surface area contributed by atoms with Gasteiger partial charge in [-0.25, -0.2) is 4.98 Å². The summed E-state index contributed by atoms with van der Waals surface area (Å²) in [6.45, 7) is 0. The summed E-state index contributed by atoms with van der Waals surface area (Å²) in [5.74, 6) is 1.68. The molecule has 8 heteroatoms. The fourth-order valence-corrected chi connectivity index (χ4v) is 3.74. The third kappa shape index (κ3) is 4.06. The molecule has 3 aromatic carbocycles. The lowest BCUT2D eigenvalue weighted by atomic mass is 10.1. The Morgan fingerprint density at radius 1 is 0.935 bits per heavy atom. The molecule has 1 amide bonds. The Bertz CT molecular complexity index is 1250. The van der Waals surface area contributed by atoms with Crippen LogP contribution in [-0.4, -0.2) is 32.2 Å². The van der Waals surface area contributed by atoms with Crippen LogP contribution in [0, 0.1) is 0 Å². The van der Waals surface area contributed by atoms with Gasteiger partial charge in [0.05, 0.1) is 25.8 Å². The first-order chi connectivity index (χ1) is 15.0. The first-order valence-corrected chi connectivity index (χ1v) is 10.1. The number of carbonyl (C=O) groups is 1. The van der Waals surface area contributed by atoms with Gasteiger partial charge in [0, 0.05) is 11.3 Å². The van der Waals surface area contributed by atoms with Gasteiger partial charge in [0.2, 0.25) is 5.89 Å². The van der Waals surface area contributed by atoms with Crippen molar-refractivity contribution in [2.45, 2.75) is 0 Å². The van der Waals surface area contributed by atoms with Gasteiger partial charge in [0.1, 0.15) is 28.3 Å². The van der Waals surface area contributed by atoms with E-state index in [1.165, 1.54) is 14.2 Å². The van der Waals surface area contributed by atoms with Crippen molar-refractivity contribution in [3.05, 3.63) is 64.6 Å². The molecule has 0 radical (unpaired) electrons. The number of benzene rings is 3. The number of ether oxygens (including phenoxy) is 3. The molecule has 4 rings (SSSR count). The van der Waals surface area contributed by atoms with E-state index in [1.807, 2.05) is 18.2 Å². The number of nitrogens with zero attached hydrogens (tertiary/aromatic N) is 1. The number of aromatic nitrogens is 1. The average molecular weight is 483 g/mol. The fourth-order valence-electron chi connectivity index (χ4n) is 3.20. The quantitative estimate of drug-likeness (QED) is 0.388. The van der Waals surface area contributed by atoms with E-state index < -0.39 is 0 Å². The predicted molar refractivity (Wildman–Crippen MR) is 121 cm³/mol. The molecule has 0 spiro atoms. The van der Waals surface area contributed by atoms with Crippen LogP contribution < -0.4 is 19.5 Å². The van der Waals surface area contributed by atoms with Gasteiger partial charge in [-0.15, -0.1) is 0 Å². The zero-order chi connectivity index (χ0) is 22.0. The first kappa shape index (κ1) is 20.7. The highest BCUT2D eigenvalue weighted by atomic mass is 79.9. The fraction of sp³-hybridized carbons (Fsp3) is 0.130. The van der Waals surface area contributed by atoms with Crippen LogP contribution in [0.2, 0.25) is 0 Å². The van der Waals surface area contributed by atoms with Gasteiger partial charge in [-0.1, -0.05) is 6.07 Å². The van der Waals surface area contributed by atoms with E-state index in [1.54, 1.807) is 43.5 Å². The van der Waals surface area contributed by atoms with Crippen LogP contribution in [0.3, 0.4) is 0 Å². The van der Waals surface area contributed by atoms with Gasteiger partial charge < -0.3 is 23.9 Å². The molecular formula is C23H19BrN2O5. The standard InChI is InChI=1S/C23H19BrN2O5/c1-28-17-9-7-13(11-15(17)24)23-26-16-12-14(8-10-18(16)31-23)25-22(27)21-19(29-2)5-4-6-20(21)30-3/h4-12H,1-3H3,(H,25,27). The van der Waals surface area contributed by atoms with Gasteiger partial charge >= 0.3 is 0 Å². The molecule has 0 atom stereocenters. The van der Waals surface area contributed by atoms with Gasteiger partial charge in [-0.2, -0.15) is 0 Å². The number of halogens is 1. The summed E-state index contributed by atoms with van der Waals surface area (Å²) < 4.78 is 22.6. The molecular weight excluding hydrogens is 464 g/mol. The SMILES string of the molecule is COc1ccc(-c2nc3cc(NC(=O)c4c(OC)cccc4OC)ccc3o2)cc1Br. The molecule has 0 saturated carbocycles. The Labute approximate surface area is 187 Å². The zero-order valence-electron chi connectivity index (χ0n) is 17.1. The highest BCUT2D eigenvalue weighted by molar-refractivity contribution is 9.10. The maximum absolute atomic E-state index is 12.9. The number of hydrogen-bond acceptors (Lipinski definition) is 6. The zero-order valence-corrected chi connectivity index (χ0v) is 18.6. The van der Waals surface area contributed by atoms with E-state index >= 15 is 0 Å².